The third-order valence-corrected chi connectivity index (χ3v) is 2.84. The Morgan fingerprint density at radius 1 is 1.07 bits per heavy atom. The topological polar surface area (TPSA) is 15.3 Å². The zero-order valence-electron chi connectivity index (χ0n) is 10.5. The fraction of sp³-hybridized carbons (Fsp3) is 1.00. The van der Waals surface area contributed by atoms with Crippen molar-refractivity contribution in [2.75, 3.05) is 26.7 Å². The van der Waals surface area contributed by atoms with Crippen molar-refractivity contribution in [3.8, 4) is 0 Å². The van der Waals surface area contributed by atoms with Crippen LogP contribution < -0.4 is 5.32 Å². The van der Waals surface area contributed by atoms with Gasteiger partial charge in [0.1, 0.15) is 0 Å². The zero-order valence-corrected chi connectivity index (χ0v) is 10.5. The molecular formula is C12H28N2. The van der Waals surface area contributed by atoms with Gasteiger partial charge in [-0.3, -0.25) is 0 Å². The molecule has 2 saturated heterocycles. The molecule has 2 aliphatic rings. The predicted octanol–water partition coefficient (Wildman–Crippen LogP) is 2.50. The van der Waals surface area contributed by atoms with Crippen LogP contribution in [0.1, 0.15) is 46.5 Å². The number of rotatable bonds is 0. The molecule has 0 aliphatic carbocycles. The first-order valence-electron chi connectivity index (χ1n) is 6.21. The van der Waals surface area contributed by atoms with Crippen LogP contribution in [0.15, 0.2) is 0 Å². The average Bonchev–Trinajstić information content (AvgIpc) is 2.86. The second-order valence-corrected chi connectivity index (χ2v) is 3.93. The monoisotopic (exact) mass is 200 g/mol. The minimum absolute atomic E-state index is 0.847. The van der Waals surface area contributed by atoms with E-state index in [1.54, 1.807) is 0 Å². The van der Waals surface area contributed by atoms with Crippen LogP contribution in [-0.2, 0) is 0 Å². The van der Waals surface area contributed by atoms with Gasteiger partial charge in [0.05, 0.1) is 0 Å². The molecule has 1 atom stereocenters. The summed E-state index contributed by atoms with van der Waals surface area (Å²) in [6.45, 7) is 10.1. The van der Waals surface area contributed by atoms with Crippen LogP contribution in [-0.4, -0.2) is 37.6 Å². The molecule has 0 amide bonds. The number of nitrogens with one attached hydrogen (secondary N) is 1. The summed E-state index contributed by atoms with van der Waals surface area (Å²) in [5.41, 5.74) is 0. The largest absolute Gasteiger partial charge is 0.317 e. The van der Waals surface area contributed by atoms with Crippen molar-refractivity contribution in [3.05, 3.63) is 0 Å². The van der Waals surface area contributed by atoms with Crippen molar-refractivity contribution >= 4 is 0 Å². The molecule has 14 heavy (non-hydrogen) atoms. The van der Waals surface area contributed by atoms with Crippen molar-refractivity contribution in [3.63, 3.8) is 0 Å². The molecule has 0 aromatic heterocycles. The van der Waals surface area contributed by atoms with Gasteiger partial charge < -0.3 is 10.2 Å². The third kappa shape index (κ3) is 6.39. The van der Waals surface area contributed by atoms with Gasteiger partial charge in [-0.25, -0.2) is 0 Å². The molecule has 0 aromatic carbocycles. The van der Waals surface area contributed by atoms with E-state index in [1.807, 2.05) is 13.8 Å². The Kier molecular flexibility index (Phi) is 9.42. The average molecular weight is 200 g/mol. The van der Waals surface area contributed by atoms with Gasteiger partial charge in [0.15, 0.2) is 0 Å². The van der Waals surface area contributed by atoms with E-state index in [0.29, 0.717) is 0 Å². The van der Waals surface area contributed by atoms with Crippen molar-refractivity contribution < 1.29 is 0 Å². The molecule has 0 radical (unpaired) electrons. The lowest BCUT2D eigenvalue weighted by Crippen LogP contribution is -2.20. The summed E-state index contributed by atoms with van der Waals surface area (Å²) in [6.07, 6.45) is 5.58. The molecule has 1 N–H and O–H groups in total. The van der Waals surface area contributed by atoms with Gasteiger partial charge in [-0.15, -0.1) is 0 Å². The normalized spacial score (nSPS) is 26.1. The van der Waals surface area contributed by atoms with Crippen LogP contribution in [0.2, 0.25) is 0 Å². The number of nitrogens with zero attached hydrogens (tertiary/aromatic N) is 1. The van der Waals surface area contributed by atoms with Crippen LogP contribution in [0.3, 0.4) is 0 Å². The van der Waals surface area contributed by atoms with E-state index < -0.39 is 0 Å². The molecule has 1 unspecified atom stereocenters. The highest BCUT2D eigenvalue weighted by Gasteiger charge is 2.14. The van der Waals surface area contributed by atoms with E-state index in [1.165, 1.54) is 45.3 Å². The van der Waals surface area contributed by atoms with E-state index in [0.717, 1.165) is 6.04 Å². The van der Waals surface area contributed by atoms with Gasteiger partial charge >= 0.3 is 0 Å². The number of likely N-dealkylation sites (tertiary alicyclic amines) is 1. The summed E-state index contributed by atoms with van der Waals surface area (Å²) in [4.78, 5) is 2.40. The predicted molar refractivity (Wildman–Crippen MR) is 64.8 cm³/mol. The Bertz CT molecular complexity index is 95.3. The second kappa shape index (κ2) is 9.47. The summed E-state index contributed by atoms with van der Waals surface area (Å²) in [5, 5.41) is 3.22. The van der Waals surface area contributed by atoms with Gasteiger partial charge in [-0.1, -0.05) is 13.8 Å². The Morgan fingerprint density at radius 2 is 1.64 bits per heavy atom. The smallest absolute Gasteiger partial charge is 0.00643 e. The molecule has 2 fully saturated rings. The maximum Gasteiger partial charge on any atom is 0.00643 e. The first-order chi connectivity index (χ1) is 6.80. The summed E-state index contributed by atoms with van der Waals surface area (Å²) in [6, 6.07) is 0.847. The molecule has 2 rings (SSSR count). The molecular weight excluding hydrogens is 172 g/mol. The van der Waals surface area contributed by atoms with Crippen molar-refractivity contribution in [1.82, 2.24) is 10.2 Å². The highest BCUT2D eigenvalue weighted by molar-refractivity contribution is 4.70. The molecule has 2 heteroatoms. The standard InChI is InChI=1S/C6H13N.C4H9N.C2H6/c1-6-4-3-5-7(6)2;1-2-4-5-3-1;1-2/h6H,3-5H2,1-2H3;5H,1-4H2;1-2H3. The Balaban J connectivity index is 0.000000213. The van der Waals surface area contributed by atoms with Gasteiger partial charge in [0, 0.05) is 6.04 Å². The number of hydrogen-bond donors (Lipinski definition) is 1. The van der Waals surface area contributed by atoms with Gasteiger partial charge in [-0.05, 0) is 59.3 Å². The van der Waals surface area contributed by atoms with E-state index >= 15 is 0 Å². The van der Waals surface area contributed by atoms with Crippen LogP contribution in [0, 0.1) is 0 Å². The molecule has 0 spiro atoms. The fourth-order valence-corrected chi connectivity index (χ4v) is 1.70. The molecule has 0 aromatic rings. The van der Waals surface area contributed by atoms with Gasteiger partial charge in [0.2, 0.25) is 0 Å². The minimum Gasteiger partial charge on any atom is -0.317 e. The zero-order chi connectivity index (χ0) is 10.8. The highest BCUT2D eigenvalue weighted by atomic mass is 15.1. The van der Waals surface area contributed by atoms with E-state index in [9.17, 15) is 0 Å². The van der Waals surface area contributed by atoms with Gasteiger partial charge in [-0.2, -0.15) is 0 Å². The van der Waals surface area contributed by atoms with Crippen LogP contribution in [0.4, 0.5) is 0 Å². The van der Waals surface area contributed by atoms with Crippen molar-refractivity contribution in [2.24, 2.45) is 0 Å². The Labute approximate surface area is 90.1 Å². The van der Waals surface area contributed by atoms with Crippen LogP contribution in [0.25, 0.3) is 0 Å². The van der Waals surface area contributed by atoms with E-state index in [-0.39, 0.29) is 0 Å². The Hall–Kier alpha value is -0.0800. The maximum absolute atomic E-state index is 3.22. The lowest BCUT2D eigenvalue weighted by atomic mass is 10.3. The van der Waals surface area contributed by atoms with Crippen molar-refractivity contribution in [2.45, 2.75) is 52.5 Å². The highest BCUT2D eigenvalue weighted by Crippen LogP contribution is 2.12. The molecule has 0 saturated carbocycles. The van der Waals surface area contributed by atoms with E-state index in [2.05, 4.69) is 24.2 Å². The van der Waals surface area contributed by atoms with Crippen LogP contribution in [0.5, 0.6) is 0 Å². The first kappa shape index (κ1) is 13.9. The maximum atomic E-state index is 3.22. The molecule has 86 valence electrons. The molecule has 2 heterocycles. The third-order valence-electron chi connectivity index (χ3n) is 2.84. The summed E-state index contributed by atoms with van der Waals surface area (Å²) in [5.74, 6) is 0. The summed E-state index contributed by atoms with van der Waals surface area (Å²) in [7, 11) is 2.19. The molecule has 2 aliphatic heterocycles. The minimum atomic E-state index is 0.847. The quantitative estimate of drug-likeness (QED) is 0.646. The Morgan fingerprint density at radius 3 is 1.79 bits per heavy atom. The second-order valence-electron chi connectivity index (χ2n) is 3.93. The molecule has 0 bridgehead atoms. The number of hydrogen-bond acceptors (Lipinski definition) is 2. The summed E-state index contributed by atoms with van der Waals surface area (Å²) < 4.78 is 0. The lowest BCUT2D eigenvalue weighted by Gasteiger charge is -2.12. The molecule has 2 nitrogen and oxygen atoms in total. The lowest BCUT2D eigenvalue weighted by molar-refractivity contribution is 0.331. The fourth-order valence-electron chi connectivity index (χ4n) is 1.70. The summed E-state index contributed by atoms with van der Waals surface area (Å²) >= 11 is 0. The van der Waals surface area contributed by atoms with Crippen molar-refractivity contribution in [1.29, 1.82) is 0 Å². The first-order valence-corrected chi connectivity index (χ1v) is 6.21. The van der Waals surface area contributed by atoms with E-state index in [4.69, 9.17) is 0 Å². The SMILES string of the molecule is C1CCNC1.CC.CC1CCCN1C. The van der Waals surface area contributed by atoms with Gasteiger partial charge in [0.25, 0.3) is 0 Å². The van der Waals surface area contributed by atoms with Crippen LogP contribution >= 0.6 is 0 Å².